The van der Waals surface area contributed by atoms with E-state index >= 15 is 0 Å². The number of carboxylic acids is 1. The smallest absolute Gasteiger partial charge is 0.0737 e. The largest absolute Gasteiger partial charge is 0.545 e. The number of rotatable bonds is 3. The van der Waals surface area contributed by atoms with Gasteiger partial charge in [0.1, 0.15) is 0 Å². The fourth-order valence-corrected chi connectivity index (χ4v) is 4.71. The number of aliphatic carboxylic acids is 1. The van der Waals surface area contributed by atoms with Gasteiger partial charge in [0.15, 0.2) is 0 Å². The van der Waals surface area contributed by atoms with Crippen molar-refractivity contribution in [3.63, 3.8) is 0 Å². The molecule has 2 rings (SSSR count). The van der Waals surface area contributed by atoms with Crippen LogP contribution in [-0.4, -0.2) is 17.0 Å². The Labute approximate surface area is 109 Å². The van der Waals surface area contributed by atoms with Crippen LogP contribution < -0.4 is 5.11 Å². The van der Waals surface area contributed by atoms with Crippen molar-refractivity contribution in [1.29, 1.82) is 0 Å². The number of carboxylic acid groups (broad SMARTS) is 1. The Hall–Kier alpha value is -0.870. The third-order valence-corrected chi connectivity index (χ3v) is 5.74. The standard InChI is InChI=1S/C13H14O2S2/c1-2-10-8-16-13(17-10)11(12(14)15)9-6-4-3-5-7-9/h3-7,10H,2,8H2,1H3,(H,14,15)/p-1/b13-11+. The van der Waals surface area contributed by atoms with E-state index in [1.165, 1.54) is 0 Å². The number of hydrogen-bond donors (Lipinski definition) is 0. The van der Waals surface area contributed by atoms with Crippen LogP contribution in [0.3, 0.4) is 0 Å². The molecule has 4 heteroatoms. The Bertz CT molecular complexity index is 440. The molecule has 1 aliphatic heterocycles. The van der Waals surface area contributed by atoms with E-state index < -0.39 is 5.97 Å². The van der Waals surface area contributed by atoms with Crippen LogP contribution in [0.4, 0.5) is 0 Å². The van der Waals surface area contributed by atoms with E-state index in [0.717, 1.165) is 22.0 Å². The first-order valence-electron chi connectivity index (χ1n) is 5.53. The Morgan fingerprint density at radius 2 is 2.12 bits per heavy atom. The van der Waals surface area contributed by atoms with Crippen molar-refractivity contribution in [1.82, 2.24) is 0 Å². The highest BCUT2D eigenvalue weighted by Crippen LogP contribution is 2.46. The lowest BCUT2D eigenvalue weighted by Crippen LogP contribution is -2.24. The highest BCUT2D eigenvalue weighted by atomic mass is 32.2. The summed E-state index contributed by atoms with van der Waals surface area (Å²) in [5.41, 5.74) is 1.08. The van der Waals surface area contributed by atoms with Crippen LogP contribution >= 0.6 is 23.5 Å². The van der Waals surface area contributed by atoms with Crippen LogP contribution in [0.15, 0.2) is 34.6 Å². The summed E-state index contributed by atoms with van der Waals surface area (Å²) in [6.07, 6.45) is 1.07. The Balaban J connectivity index is 2.37. The highest BCUT2D eigenvalue weighted by molar-refractivity contribution is 8.25. The summed E-state index contributed by atoms with van der Waals surface area (Å²) >= 11 is 3.29. The first kappa shape index (κ1) is 12.6. The molecule has 1 aromatic rings. The van der Waals surface area contributed by atoms with E-state index in [9.17, 15) is 9.90 Å². The molecule has 90 valence electrons. The first-order chi connectivity index (χ1) is 8.22. The molecular weight excluding hydrogens is 252 g/mol. The van der Waals surface area contributed by atoms with E-state index in [2.05, 4.69) is 6.92 Å². The van der Waals surface area contributed by atoms with Gasteiger partial charge in [0.2, 0.25) is 0 Å². The van der Waals surface area contributed by atoms with Crippen LogP contribution in [0.5, 0.6) is 0 Å². The van der Waals surface area contributed by atoms with Gasteiger partial charge in [-0.25, -0.2) is 0 Å². The molecule has 0 spiro atoms. The van der Waals surface area contributed by atoms with E-state index in [1.807, 2.05) is 30.3 Å². The summed E-state index contributed by atoms with van der Waals surface area (Å²) in [7, 11) is 0. The number of benzene rings is 1. The van der Waals surface area contributed by atoms with Gasteiger partial charge in [-0.1, -0.05) is 37.3 Å². The quantitative estimate of drug-likeness (QED) is 0.787. The van der Waals surface area contributed by atoms with Gasteiger partial charge in [0.05, 0.1) is 10.2 Å². The maximum Gasteiger partial charge on any atom is 0.0737 e. The normalized spacial score (nSPS) is 22.5. The van der Waals surface area contributed by atoms with E-state index in [1.54, 1.807) is 23.5 Å². The molecule has 17 heavy (non-hydrogen) atoms. The summed E-state index contributed by atoms with van der Waals surface area (Å²) in [5, 5.41) is 11.8. The van der Waals surface area contributed by atoms with Gasteiger partial charge >= 0.3 is 0 Å². The molecular formula is C13H13O2S2-. The maximum atomic E-state index is 11.3. The van der Waals surface area contributed by atoms with Crippen LogP contribution in [-0.2, 0) is 4.79 Å². The maximum absolute atomic E-state index is 11.3. The Morgan fingerprint density at radius 1 is 1.41 bits per heavy atom. The summed E-state index contributed by atoms with van der Waals surface area (Å²) in [4.78, 5) is 11.3. The molecule has 1 unspecified atom stereocenters. The van der Waals surface area contributed by atoms with Crippen molar-refractivity contribution in [2.45, 2.75) is 18.6 Å². The lowest BCUT2D eigenvalue weighted by atomic mass is 10.1. The molecule has 1 fully saturated rings. The molecule has 1 heterocycles. The topological polar surface area (TPSA) is 40.1 Å². The molecule has 0 saturated carbocycles. The second kappa shape index (κ2) is 5.65. The molecule has 1 aliphatic rings. The molecule has 0 amide bonds. The molecule has 2 nitrogen and oxygen atoms in total. The lowest BCUT2D eigenvalue weighted by Gasteiger charge is -2.12. The number of hydrogen-bond acceptors (Lipinski definition) is 4. The van der Waals surface area contributed by atoms with Crippen molar-refractivity contribution < 1.29 is 9.90 Å². The van der Waals surface area contributed by atoms with Crippen molar-refractivity contribution in [2.75, 3.05) is 5.75 Å². The summed E-state index contributed by atoms with van der Waals surface area (Å²) in [6, 6.07) is 9.21. The van der Waals surface area contributed by atoms with Gasteiger partial charge in [-0.3, -0.25) is 0 Å². The van der Waals surface area contributed by atoms with Crippen LogP contribution in [0.1, 0.15) is 18.9 Å². The third kappa shape index (κ3) is 2.87. The molecule has 1 atom stereocenters. The number of carbonyl (C=O) groups excluding carboxylic acids is 1. The zero-order valence-electron chi connectivity index (χ0n) is 9.51. The molecule has 1 saturated heterocycles. The minimum Gasteiger partial charge on any atom is -0.545 e. The van der Waals surface area contributed by atoms with E-state index in [0.29, 0.717) is 10.8 Å². The predicted molar refractivity (Wildman–Crippen MR) is 72.5 cm³/mol. The van der Waals surface area contributed by atoms with Crippen LogP contribution in [0.25, 0.3) is 5.57 Å². The number of carbonyl (C=O) groups is 1. The van der Waals surface area contributed by atoms with Crippen molar-refractivity contribution in [2.24, 2.45) is 0 Å². The minimum atomic E-state index is -1.08. The fourth-order valence-electron chi connectivity index (χ4n) is 1.64. The lowest BCUT2D eigenvalue weighted by molar-refractivity contribution is -0.295. The van der Waals surface area contributed by atoms with Crippen molar-refractivity contribution >= 4 is 35.1 Å². The van der Waals surface area contributed by atoms with Crippen LogP contribution in [0, 0.1) is 0 Å². The average Bonchev–Trinajstić information content (AvgIpc) is 2.79. The molecule has 0 N–H and O–H groups in total. The molecule has 0 aromatic heterocycles. The van der Waals surface area contributed by atoms with Crippen molar-refractivity contribution in [3.8, 4) is 0 Å². The average molecular weight is 265 g/mol. The third-order valence-electron chi connectivity index (χ3n) is 2.60. The van der Waals surface area contributed by atoms with E-state index in [4.69, 9.17) is 0 Å². The minimum absolute atomic E-state index is 0.344. The predicted octanol–water partition coefficient (Wildman–Crippen LogP) is 2.36. The van der Waals surface area contributed by atoms with Gasteiger partial charge in [-0.15, -0.1) is 23.5 Å². The zero-order valence-corrected chi connectivity index (χ0v) is 11.1. The fraction of sp³-hybridized carbons (Fsp3) is 0.308. The molecule has 1 aromatic carbocycles. The summed E-state index contributed by atoms with van der Waals surface area (Å²) in [5.74, 6) is -0.0944. The van der Waals surface area contributed by atoms with Gasteiger partial charge < -0.3 is 9.90 Å². The van der Waals surface area contributed by atoms with Gasteiger partial charge in [0.25, 0.3) is 0 Å². The van der Waals surface area contributed by atoms with Gasteiger partial charge in [0, 0.05) is 16.6 Å². The Morgan fingerprint density at radius 3 is 2.65 bits per heavy atom. The van der Waals surface area contributed by atoms with Crippen molar-refractivity contribution in [3.05, 3.63) is 40.1 Å². The second-order valence-corrected chi connectivity index (χ2v) is 6.37. The monoisotopic (exact) mass is 265 g/mol. The van der Waals surface area contributed by atoms with Gasteiger partial charge in [-0.05, 0) is 12.0 Å². The number of thioether (sulfide) groups is 2. The highest BCUT2D eigenvalue weighted by Gasteiger charge is 2.23. The SMILES string of the molecule is CCC1CS/C(=C(\C(=O)[O-])c2ccccc2)S1. The molecule has 0 bridgehead atoms. The Kier molecular flexibility index (Phi) is 4.18. The summed E-state index contributed by atoms with van der Waals surface area (Å²) in [6.45, 7) is 2.13. The van der Waals surface area contributed by atoms with Crippen LogP contribution in [0.2, 0.25) is 0 Å². The zero-order chi connectivity index (χ0) is 12.3. The van der Waals surface area contributed by atoms with Gasteiger partial charge in [-0.2, -0.15) is 0 Å². The molecule has 0 radical (unpaired) electrons. The summed E-state index contributed by atoms with van der Waals surface area (Å²) < 4.78 is 0.892. The second-order valence-electron chi connectivity index (χ2n) is 3.78. The first-order valence-corrected chi connectivity index (χ1v) is 7.39. The van der Waals surface area contributed by atoms with E-state index in [-0.39, 0.29) is 0 Å². The molecule has 0 aliphatic carbocycles.